The SMILES string of the molecule is CNC1CCN(C(=O)NC2CCOC2)CC1C. The number of hydrogen-bond acceptors (Lipinski definition) is 3. The van der Waals surface area contributed by atoms with Crippen molar-refractivity contribution in [1.29, 1.82) is 0 Å². The Morgan fingerprint density at radius 3 is 2.82 bits per heavy atom. The molecule has 3 unspecified atom stereocenters. The molecule has 0 saturated carbocycles. The van der Waals surface area contributed by atoms with E-state index in [9.17, 15) is 4.79 Å². The summed E-state index contributed by atoms with van der Waals surface area (Å²) in [6.07, 6.45) is 1.97. The van der Waals surface area contributed by atoms with Gasteiger partial charge in [-0.05, 0) is 25.8 Å². The van der Waals surface area contributed by atoms with Crippen molar-refractivity contribution in [3.63, 3.8) is 0 Å². The van der Waals surface area contributed by atoms with Gasteiger partial charge in [0.2, 0.25) is 0 Å². The molecule has 2 rings (SSSR count). The van der Waals surface area contributed by atoms with Gasteiger partial charge in [0.1, 0.15) is 0 Å². The number of piperidine rings is 1. The van der Waals surface area contributed by atoms with Gasteiger partial charge in [-0.3, -0.25) is 0 Å². The zero-order valence-electron chi connectivity index (χ0n) is 10.7. The quantitative estimate of drug-likeness (QED) is 0.736. The number of likely N-dealkylation sites (tertiary alicyclic amines) is 1. The molecule has 2 aliphatic rings. The van der Waals surface area contributed by atoms with E-state index in [1.807, 2.05) is 11.9 Å². The molecule has 2 fully saturated rings. The van der Waals surface area contributed by atoms with Crippen LogP contribution in [0.4, 0.5) is 4.79 Å². The smallest absolute Gasteiger partial charge is 0.317 e. The zero-order valence-corrected chi connectivity index (χ0v) is 10.7. The van der Waals surface area contributed by atoms with E-state index in [0.717, 1.165) is 32.5 Å². The minimum Gasteiger partial charge on any atom is -0.379 e. The summed E-state index contributed by atoms with van der Waals surface area (Å²) < 4.78 is 5.26. The first-order valence-electron chi connectivity index (χ1n) is 6.51. The predicted octanol–water partition coefficient (Wildman–Crippen LogP) is 0.415. The fourth-order valence-electron chi connectivity index (χ4n) is 2.67. The maximum absolute atomic E-state index is 12.0. The summed E-state index contributed by atoms with van der Waals surface area (Å²) in [7, 11) is 1.99. The van der Waals surface area contributed by atoms with Crippen molar-refractivity contribution in [3.05, 3.63) is 0 Å². The standard InChI is InChI=1S/C12H23N3O2/c1-9-7-15(5-3-11(9)13-2)12(16)14-10-4-6-17-8-10/h9-11,13H,3-8H2,1-2H3,(H,14,16). The third kappa shape index (κ3) is 3.10. The van der Waals surface area contributed by atoms with E-state index in [4.69, 9.17) is 4.74 Å². The Kier molecular flexibility index (Phi) is 4.23. The molecule has 5 heteroatoms. The van der Waals surface area contributed by atoms with Gasteiger partial charge < -0.3 is 20.3 Å². The van der Waals surface area contributed by atoms with Crippen LogP contribution in [0.25, 0.3) is 0 Å². The third-order valence-electron chi connectivity index (χ3n) is 3.82. The molecule has 17 heavy (non-hydrogen) atoms. The Morgan fingerprint density at radius 2 is 2.24 bits per heavy atom. The second kappa shape index (κ2) is 5.69. The molecule has 98 valence electrons. The highest BCUT2D eigenvalue weighted by Crippen LogP contribution is 2.16. The summed E-state index contributed by atoms with van der Waals surface area (Å²) in [5.74, 6) is 0.513. The average Bonchev–Trinajstić information content (AvgIpc) is 2.81. The van der Waals surface area contributed by atoms with Crippen LogP contribution in [-0.2, 0) is 4.74 Å². The van der Waals surface area contributed by atoms with Crippen LogP contribution >= 0.6 is 0 Å². The molecule has 0 radical (unpaired) electrons. The van der Waals surface area contributed by atoms with Crippen LogP contribution in [-0.4, -0.2) is 56.4 Å². The van der Waals surface area contributed by atoms with Gasteiger partial charge in [0.25, 0.3) is 0 Å². The molecule has 0 aliphatic carbocycles. The van der Waals surface area contributed by atoms with Gasteiger partial charge in [0.05, 0.1) is 12.6 Å². The van der Waals surface area contributed by atoms with Crippen LogP contribution in [0.2, 0.25) is 0 Å². The molecule has 0 aromatic rings. The Bertz CT molecular complexity index is 266. The summed E-state index contributed by atoms with van der Waals surface area (Å²) in [6.45, 7) is 5.30. The molecule has 2 N–H and O–H groups in total. The molecule has 2 saturated heterocycles. The van der Waals surface area contributed by atoms with Crippen LogP contribution in [0.3, 0.4) is 0 Å². The van der Waals surface area contributed by atoms with E-state index in [1.165, 1.54) is 0 Å². The number of urea groups is 1. The Hall–Kier alpha value is -0.810. The number of nitrogens with zero attached hydrogens (tertiary/aromatic N) is 1. The monoisotopic (exact) mass is 241 g/mol. The van der Waals surface area contributed by atoms with Crippen molar-refractivity contribution in [2.75, 3.05) is 33.4 Å². The summed E-state index contributed by atoms with van der Waals surface area (Å²) >= 11 is 0. The lowest BCUT2D eigenvalue weighted by Crippen LogP contribution is -2.53. The van der Waals surface area contributed by atoms with Crippen molar-refractivity contribution >= 4 is 6.03 Å². The summed E-state index contributed by atoms with van der Waals surface area (Å²) in [5, 5.41) is 6.35. The van der Waals surface area contributed by atoms with E-state index >= 15 is 0 Å². The molecule has 0 aromatic carbocycles. The number of ether oxygens (including phenoxy) is 1. The van der Waals surface area contributed by atoms with Crippen molar-refractivity contribution < 1.29 is 9.53 Å². The van der Waals surface area contributed by atoms with E-state index in [0.29, 0.717) is 18.6 Å². The van der Waals surface area contributed by atoms with Gasteiger partial charge in [-0.15, -0.1) is 0 Å². The molecule has 3 atom stereocenters. The molecular formula is C12H23N3O2. The molecule has 2 amide bonds. The average molecular weight is 241 g/mol. The highest BCUT2D eigenvalue weighted by atomic mass is 16.5. The Labute approximate surface area is 103 Å². The molecule has 0 spiro atoms. The molecular weight excluding hydrogens is 218 g/mol. The summed E-state index contributed by atoms with van der Waals surface area (Å²) in [5.41, 5.74) is 0. The number of carbonyl (C=O) groups excluding carboxylic acids is 1. The zero-order chi connectivity index (χ0) is 12.3. The normalized spacial score (nSPS) is 33.8. The van der Waals surface area contributed by atoms with E-state index in [2.05, 4.69) is 17.6 Å². The lowest BCUT2D eigenvalue weighted by atomic mass is 9.94. The van der Waals surface area contributed by atoms with E-state index < -0.39 is 0 Å². The largest absolute Gasteiger partial charge is 0.379 e. The van der Waals surface area contributed by atoms with Gasteiger partial charge in [0.15, 0.2) is 0 Å². The summed E-state index contributed by atoms with van der Waals surface area (Å²) in [6, 6.07) is 0.815. The number of carbonyl (C=O) groups is 1. The lowest BCUT2D eigenvalue weighted by Gasteiger charge is -2.37. The first-order valence-corrected chi connectivity index (χ1v) is 6.51. The van der Waals surface area contributed by atoms with E-state index in [-0.39, 0.29) is 12.1 Å². The van der Waals surface area contributed by atoms with Crippen molar-refractivity contribution in [2.45, 2.75) is 31.8 Å². The highest BCUT2D eigenvalue weighted by Gasteiger charge is 2.29. The predicted molar refractivity (Wildman–Crippen MR) is 66.0 cm³/mol. The third-order valence-corrected chi connectivity index (χ3v) is 3.82. The maximum Gasteiger partial charge on any atom is 0.317 e. The number of amides is 2. The van der Waals surface area contributed by atoms with Crippen molar-refractivity contribution in [3.8, 4) is 0 Å². The number of rotatable bonds is 2. The minimum absolute atomic E-state index is 0.0712. The second-order valence-corrected chi connectivity index (χ2v) is 5.12. The fraction of sp³-hybridized carbons (Fsp3) is 0.917. The molecule has 5 nitrogen and oxygen atoms in total. The van der Waals surface area contributed by atoms with Gasteiger partial charge in [-0.2, -0.15) is 0 Å². The Morgan fingerprint density at radius 1 is 1.41 bits per heavy atom. The van der Waals surface area contributed by atoms with E-state index in [1.54, 1.807) is 0 Å². The van der Waals surface area contributed by atoms with Crippen molar-refractivity contribution in [2.24, 2.45) is 5.92 Å². The fourth-order valence-corrected chi connectivity index (χ4v) is 2.67. The van der Waals surface area contributed by atoms with Crippen LogP contribution in [0, 0.1) is 5.92 Å². The first-order chi connectivity index (χ1) is 8.20. The maximum atomic E-state index is 12.0. The van der Waals surface area contributed by atoms with Gasteiger partial charge >= 0.3 is 6.03 Å². The van der Waals surface area contributed by atoms with Crippen LogP contribution < -0.4 is 10.6 Å². The number of hydrogen-bond donors (Lipinski definition) is 2. The lowest BCUT2D eigenvalue weighted by molar-refractivity contribution is 0.146. The molecule has 0 bridgehead atoms. The first kappa shape index (κ1) is 12.6. The second-order valence-electron chi connectivity index (χ2n) is 5.12. The van der Waals surface area contributed by atoms with Gasteiger partial charge in [-0.25, -0.2) is 4.79 Å². The van der Waals surface area contributed by atoms with Crippen molar-refractivity contribution in [1.82, 2.24) is 15.5 Å². The van der Waals surface area contributed by atoms with Gasteiger partial charge in [-0.1, -0.05) is 6.92 Å². The van der Waals surface area contributed by atoms with Crippen LogP contribution in [0.5, 0.6) is 0 Å². The van der Waals surface area contributed by atoms with Gasteiger partial charge in [0, 0.05) is 25.7 Å². The number of nitrogens with one attached hydrogen (secondary N) is 2. The summed E-state index contributed by atoms with van der Waals surface area (Å²) in [4.78, 5) is 14.0. The van der Waals surface area contributed by atoms with Crippen LogP contribution in [0.15, 0.2) is 0 Å². The van der Waals surface area contributed by atoms with Crippen LogP contribution in [0.1, 0.15) is 19.8 Å². The molecule has 2 heterocycles. The topological polar surface area (TPSA) is 53.6 Å². The minimum atomic E-state index is 0.0712. The molecule has 0 aromatic heterocycles. The Balaban J connectivity index is 1.80. The molecule has 2 aliphatic heterocycles. The highest BCUT2D eigenvalue weighted by molar-refractivity contribution is 5.74.